The summed E-state index contributed by atoms with van der Waals surface area (Å²) >= 11 is 0. The second-order valence-corrected chi connectivity index (χ2v) is 1.72. The van der Waals surface area contributed by atoms with Crippen molar-refractivity contribution in [3.05, 3.63) is 5.21 Å². The number of hydrogen-bond donors (Lipinski definition) is 1. The van der Waals surface area contributed by atoms with Crippen LogP contribution in [0.2, 0.25) is 0 Å². The lowest BCUT2D eigenvalue weighted by Gasteiger charge is -2.36. The number of terminal acetylenes is 1. The Morgan fingerprint density at radius 2 is 2.57 bits per heavy atom. The lowest BCUT2D eigenvalue weighted by molar-refractivity contribution is -0.910. The molecule has 7 heavy (non-hydrogen) atoms. The van der Waals surface area contributed by atoms with Crippen molar-refractivity contribution < 1.29 is 5.06 Å². The minimum atomic E-state index is -0.0278. The first-order valence-corrected chi connectivity index (χ1v) is 2.33. The molecule has 0 amide bonds. The largest absolute Gasteiger partial charge is 0.633 e. The summed E-state index contributed by atoms with van der Waals surface area (Å²) in [7, 11) is 0. The first-order chi connectivity index (χ1) is 3.34. The summed E-state index contributed by atoms with van der Waals surface area (Å²) in [6, 6.07) is -0.0278. The highest BCUT2D eigenvalue weighted by Crippen LogP contribution is 1.89. The maximum Gasteiger partial charge on any atom is 0.154 e. The predicted molar refractivity (Wildman–Crippen MR) is 26.4 cm³/mol. The molecule has 1 heterocycles. The molecule has 0 spiro atoms. The normalized spacial score (nSPS) is 38.9. The van der Waals surface area contributed by atoms with Gasteiger partial charge in [-0.3, -0.25) is 0 Å². The van der Waals surface area contributed by atoms with Crippen LogP contribution < -0.4 is 5.06 Å². The smallest absolute Gasteiger partial charge is 0.154 e. The Balaban J connectivity index is 2.33. The van der Waals surface area contributed by atoms with Crippen molar-refractivity contribution in [3.63, 3.8) is 0 Å². The highest BCUT2D eigenvalue weighted by Gasteiger charge is 2.22. The number of rotatable bonds is 0. The molecule has 2 atom stereocenters. The van der Waals surface area contributed by atoms with Crippen LogP contribution in [0.15, 0.2) is 0 Å². The molecule has 2 heteroatoms. The molecule has 1 aliphatic rings. The van der Waals surface area contributed by atoms with Gasteiger partial charge in [-0.15, -0.1) is 6.42 Å². The van der Waals surface area contributed by atoms with Gasteiger partial charge in [0, 0.05) is 0 Å². The Labute approximate surface area is 42.7 Å². The van der Waals surface area contributed by atoms with E-state index in [1.807, 2.05) is 0 Å². The Morgan fingerprint density at radius 1 is 1.86 bits per heavy atom. The van der Waals surface area contributed by atoms with Crippen LogP contribution in [-0.2, 0) is 0 Å². The molecule has 1 fully saturated rings. The average molecular weight is 97.1 g/mol. The highest BCUT2D eigenvalue weighted by atomic mass is 16.5. The van der Waals surface area contributed by atoms with Gasteiger partial charge in [0.2, 0.25) is 0 Å². The first kappa shape index (κ1) is 4.63. The van der Waals surface area contributed by atoms with Gasteiger partial charge in [-0.2, -0.15) is 0 Å². The van der Waals surface area contributed by atoms with Gasteiger partial charge in [-0.25, -0.2) is 0 Å². The summed E-state index contributed by atoms with van der Waals surface area (Å²) in [5.41, 5.74) is 0. The third-order valence-electron chi connectivity index (χ3n) is 1.27. The molecule has 0 aromatic rings. The van der Waals surface area contributed by atoms with E-state index in [9.17, 15) is 5.21 Å². The molecular weight excluding hydrogens is 90.1 g/mol. The third-order valence-corrected chi connectivity index (χ3v) is 1.27. The fraction of sp³-hybridized carbons (Fsp3) is 0.600. The predicted octanol–water partition coefficient (Wildman–Crippen LogP) is -1.23. The van der Waals surface area contributed by atoms with E-state index in [4.69, 9.17) is 6.42 Å². The fourth-order valence-electron chi connectivity index (χ4n) is 0.583. The van der Waals surface area contributed by atoms with Gasteiger partial charge in [-0.1, -0.05) is 0 Å². The van der Waals surface area contributed by atoms with E-state index < -0.39 is 0 Å². The van der Waals surface area contributed by atoms with Crippen molar-refractivity contribution >= 4 is 0 Å². The van der Waals surface area contributed by atoms with Crippen molar-refractivity contribution in [2.45, 2.75) is 12.5 Å². The molecule has 0 radical (unpaired) electrons. The topological polar surface area (TPSA) is 27.5 Å². The monoisotopic (exact) mass is 97.1 g/mol. The molecule has 38 valence electrons. The molecule has 1 N–H and O–H groups in total. The highest BCUT2D eigenvalue weighted by molar-refractivity contribution is 4.96. The molecule has 0 saturated carbocycles. The molecule has 2 unspecified atom stereocenters. The number of quaternary nitrogens is 1. The number of hydrogen-bond acceptors (Lipinski definition) is 1. The molecular formula is C5H7NO. The molecule has 0 bridgehead atoms. The quantitative estimate of drug-likeness (QED) is 0.297. The van der Waals surface area contributed by atoms with Crippen molar-refractivity contribution in [2.75, 3.05) is 6.54 Å². The molecule has 0 aromatic heterocycles. The van der Waals surface area contributed by atoms with E-state index in [1.54, 1.807) is 0 Å². The van der Waals surface area contributed by atoms with Crippen molar-refractivity contribution in [1.29, 1.82) is 0 Å². The van der Waals surface area contributed by atoms with Crippen LogP contribution in [0.25, 0.3) is 0 Å². The van der Waals surface area contributed by atoms with Gasteiger partial charge in [0.1, 0.15) is 0 Å². The molecule has 1 rings (SSSR count). The van der Waals surface area contributed by atoms with E-state index in [0.717, 1.165) is 6.42 Å². The SMILES string of the molecule is C#CC1CC[NH+]1[O-]. The maximum absolute atomic E-state index is 10.3. The molecule has 1 saturated heterocycles. The van der Waals surface area contributed by atoms with Crippen LogP contribution in [0.4, 0.5) is 0 Å². The van der Waals surface area contributed by atoms with Crippen molar-refractivity contribution in [1.82, 2.24) is 0 Å². The van der Waals surface area contributed by atoms with Crippen LogP contribution >= 0.6 is 0 Å². The van der Waals surface area contributed by atoms with E-state index >= 15 is 0 Å². The molecule has 1 aliphatic heterocycles. The van der Waals surface area contributed by atoms with Crippen LogP contribution in [0.5, 0.6) is 0 Å². The number of hydroxylamine groups is 2. The second-order valence-electron chi connectivity index (χ2n) is 1.72. The van der Waals surface area contributed by atoms with Crippen molar-refractivity contribution in [2.24, 2.45) is 0 Å². The third kappa shape index (κ3) is 0.604. The van der Waals surface area contributed by atoms with Gasteiger partial charge in [0.15, 0.2) is 6.04 Å². The molecule has 0 aliphatic carbocycles. The van der Waals surface area contributed by atoms with E-state index in [-0.39, 0.29) is 11.1 Å². The summed E-state index contributed by atoms with van der Waals surface area (Å²) in [4.78, 5) is 0. The van der Waals surface area contributed by atoms with Crippen LogP contribution in [0.3, 0.4) is 0 Å². The second kappa shape index (κ2) is 1.53. The van der Waals surface area contributed by atoms with Gasteiger partial charge < -0.3 is 10.3 Å². The number of nitrogens with one attached hydrogen (secondary N) is 1. The van der Waals surface area contributed by atoms with Crippen molar-refractivity contribution in [3.8, 4) is 12.3 Å². The first-order valence-electron chi connectivity index (χ1n) is 2.33. The van der Waals surface area contributed by atoms with Gasteiger partial charge in [-0.05, 0) is 5.92 Å². The summed E-state index contributed by atoms with van der Waals surface area (Å²) < 4.78 is 0. The Kier molecular flexibility index (Phi) is 1.01. The molecule has 2 nitrogen and oxygen atoms in total. The fourth-order valence-corrected chi connectivity index (χ4v) is 0.583. The van der Waals surface area contributed by atoms with Crippen LogP contribution in [0, 0.1) is 17.6 Å². The minimum Gasteiger partial charge on any atom is -0.633 e. The standard InChI is InChI=1S/C5H7NO/c1-2-5-3-4-6(5)7/h1,5-6H,3-4H2. The summed E-state index contributed by atoms with van der Waals surface area (Å²) in [6.07, 6.45) is 5.87. The zero-order chi connectivity index (χ0) is 5.28. The Bertz CT molecular complexity index is 105. The van der Waals surface area contributed by atoms with Crippen LogP contribution in [0.1, 0.15) is 6.42 Å². The van der Waals surface area contributed by atoms with Gasteiger partial charge in [0.05, 0.1) is 13.0 Å². The maximum atomic E-state index is 10.3. The Hall–Kier alpha value is -0.520. The lowest BCUT2D eigenvalue weighted by Crippen LogP contribution is -3.17. The zero-order valence-electron chi connectivity index (χ0n) is 3.98. The zero-order valence-corrected chi connectivity index (χ0v) is 3.98. The van der Waals surface area contributed by atoms with Gasteiger partial charge >= 0.3 is 0 Å². The molecule has 0 aromatic carbocycles. The van der Waals surface area contributed by atoms with Crippen LogP contribution in [-0.4, -0.2) is 12.6 Å². The summed E-state index contributed by atoms with van der Waals surface area (Å²) in [5, 5.41) is 10.6. The van der Waals surface area contributed by atoms with E-state index in [0.29, 0.717) is 6.54 Å². The van der Waals surface area contributed by atoms with E-state index in [2.05, 4.69) is 5.92 Å². The Morgan fingerprint density at radius 3 is 2.57 bits per heavy atom. The lowest BCUT2D eigenvalue weighted by atomic mass is 10.1. The summed E-state index contributed by atoms with van der Waals surface area (Å²) in [6.45, 7) is 0.703. The average Bonchev–Trinajstić information content (AvgIpc) is 1.65. The van der Waals surface area contributed by atoms with E-state index in [1.165, 1.54) is 0 Å². The summed E-state index contributed by atoms with van der Waals surface area (Å²) in [5.74, 6) is 2.40. The van der Waals surface area contributed by atoms with Gasteiger partial charge in [0.25, 0.3) is 0 Å². The minimum absolute atomic E-state index is 0.0278.